The van der Waals surface area contributed by atoms with Gasteiger partial charge in [0.25, 0.3) is 5.91 Å². The van der Waals surface area contributed by atoms with Gasteiger partial charge in [-0.25, -0.2) is 0 Å². The lowest BCUT2D eigenvalue weighted by atomic mass is 9.73. The van der Waals surface area contributed by atoms with E-state index in [9.17, 15) is 24.0 Å². The third-order valence-corrected chi connectivity index (χ3v) is 8.98. The molecule has 15 heteroatoms. The van der Waals surface area contributed by atoms with E-state index in [1.165, 1.54) is 13.2 Å². The second-order valence-corrected chi connectivity index (χ2v) is 12.1. The minimum absolute atomic E-state index is 0.181. The Bertz CT molecular complexity index is 1520. The first-order valence-corrected chi connectivity index (χ1v) is 15.9. The van der Waals surface area contributed by atoms with Crippen molar-refractivity contribution in [2.75, 3.05) is 27.4 Å². The fourth-order valence-electron chi connectivity index (χ4n) is 6.97. The van der Waals surface area contributed by atoms with E-state index in [1.807, 2.05) is 17.0 Å². The molecule has 0 bridgehead atoms. The average molecular weight is 688 g/mol. The SMILES string of the molecule is C=C[C@H]1[C@H](O[C@@H]2O[C@H](COC(C)=O)[C@@H](OC(C)=O)[C@H](OC(C)=O)[C@H]2OC(C)=O)OC=C2C(=O)N3CCc4cc(OC)c(OC)cc4[C@H]3C[C@H]21. The molecule has 9 atom stereocenters. The van der Waals surface area contributed by atoms with Crippen LogP contribution in [0.15, 0.2) is 36.6 Å². The standard InChI is InChI=1S/C34H41NO14/c1-8-21-23-12-25-22-13-27(42-7)26(41-6)11-20(22)9-10-35(25)32(40)24(23)14-44-33(21)49-34-31(47-19(5)39)30(46-18(4)38)29(45-17(3)37)28(48-34)15-43-16(2)36/h8,11,13-14,21,23,25,28-31,33-34H,1,9-10,12,15H2,2-7H3/t21-,23+,25-,28-,29-,30+,31-,33+,34+/m1/s1. The molecule has 0 unspecified atom stereocenters. The number of rotatable bonds is 10. The number of methoxy groups -OCH3 is 2. The summed E-state index contributed by atoms with van der Waals surface area (Å²) in [6.45, 7) is 8.68. The van der Waals surface area contributed by atoms with Gasteiger partial charge in [-0.1, -0.05) is 6.08 Å². The van der Waals surface area contributed by atoms with Gasteiger partial charge in [0, 0.05) is 46.1 Å². The number of amides is 1. The molecule has 2 saturated heterocycles. The minimum Gasteiger partial charge on any atom is -0.493 e. The Balaban J connectivity index is 1.47. The number of ether oxygens (including phenoxy) is 9. The topological polar surface area (TPSA) is 172 Å². The van der Waals surface area contributed by atoms with Crippen LogP contribution < -0.4 is 9.47 Å². The zero-order valence-electron chi connectivity index (χ0n) is 28.2. The highest BCUT2D eigenvalue weighted by atomic mass is 16.8. The lowest BCUT2D eigenvalue weighted by Crippen LogP contribution is -2.63. The Morgan fingerprint density at radius 1 is 0.898 bits per heavy atom. The second-order valence-electron chi connectivity index (χ2n) is 12.1. The maximum absolute atomic E-state index is 13.9. The Hall–Kier alpha value is -4.63. The fraction of sp³-hybridized carbons (Fsp3) is 0.559. The van der Waals surface area contributed by atoms with Crippen LogP contribution in [0, 0.1) is 11.8 Å². The number of fused-ring (bicyclic) bond motifs is 4. The number of carbonyl (C=O) groups excluding carboxylic acids is 5. The van der Waals surface area contributed by atoms with Gasteiger partial charge in [0.2, 0.25) is 12.6 Å². The van der Waals surface area contributed by atoms with Crippen molar-refractivity contribution in [3.63, 3.8) is 0 Å². The van der Waals surface area contributed by atoms with Crippen LogP contribution in [-0.2, 0) is 63.6 Å². The summed E-state index contributed by atoms with van der Waals surface area (Å²) in [6, 6.07) is 3.55. The van der Waals surface area contributed by atoms with E-state index in [1.54, 1.807) is 20.3 Å². The molecule has 266 valence electrons. The Kier molecular flexibility index (Phi) is 10.8. The first-order valence-electron chi connectivity index (χ1n) is 15.9. The smallest absolute Gasteiger partial charge is 0.303 e. The monoisotopic (exact) mass is 687 g/mol. The predicted molar refractivity (Wildman–Crippen MR) is 165 cm³/mol. The lowest BCUT2D eigenvalue weighted by molar-refractivity contribution is -0.342. The summed E-state index contributed by atoms with van der Waals surface area (Å²) in [5, 5.41) is 0. The van der Waals surface area contributed by atoms with Crippen LogP contribution >= 0.6 is 0 Å². The van der Waals surface area contributed by atoms with Crippen LogP contribution in [-0.4, -0.2) is 99.1 Å². The maximum Gasteiger partial charge on any atom is 0.303 e. The van der Waals surface area contributed by atoms with Crippen LogP contribution in [0.5, 0.6) is 11.5 Å². The fourth-order valence-corrected chi connectivity index (χ4v) is 6.97. The van der Waals surface area contributed by atoms with Crippen LogP contribution in [0.4, 0.5) is 0 Å². The molecule has 4 aliphatic heterocycles. The highest BCUT2D eigenvalue weighted by molar-refractivity contribution is 5.95. The molecule has 4 aliphatic rings. The maximum atomic E-state index is 13.9. The Morgan fingerprint density at radius 2 is 1.53 bits per heavy atom. The van der Waals surface area contributed by atoms with E-state index >= 15 is 0 Å². The van der Waals surface area contributed by atoms with Crippen molar-refractivity contribution >= 4 is 29.8 Å². The molecule has 1 aromatic carbocycles. The molecule has 49 heavy (non-hydrogen) atoms. The summed E-state index contributed by atoms with van der Waals surface area (Å²) in [4.78, 5) is 64.1. The number of piperidine rings is 1. The highest BCUT2D eigenvalue weighted by Gasteiger charge is 2.55. The van der Waals surface area contributed by atoms with Gasteiger partial charge < -0.3 is 47.5 Å². The molecule has 15 nitrogen and oxygen atoms in total. The largest absolute Gasteiger partial charge is 0.493 e. The summed E-state index contributed by atoms with van der Waals surface area (Å²) in [5.41, 5.74) is 2.45. The molecular weight excluding hydrogens is 646 g/mol. The van der Waals surface area contributed by atoms with Crippen molar-refractivity contribution in [1.29, 1.82) is 0 Å². The molecule has 2 fully saturated rings. The Labute approximate surface area is 283 Å². The molecule has 1 amide bonds. The zero-order chi connectivity index (χ0) is 35.6. The van der Waals surface area contributed by atoms with E-state index in [0.717, 1.165) is 31.9 Å². The third kappa shape index (κ3) is 7.37. The summed E-state index contributed by atoms with van der Waals surface area (Å²) in [6.07, 6.45) is -3.91. The summed E-state index contributed by atoms with van der Waals surface area (Å²) in [5.74, 6) is -2.99. The number of carbonyl (C=O) groups is 5. The van der Waals surface area contributed by atoms with Crippen molar-refractivity contribution in [2.45, 2.75) is 83.6 Å². The molecule has 5 rings (SSSR count). The van der Waals surface area contributed by atoms with Crippen molar-refractivity contribution in [1.82, 2.24) is 4.90 Å². The van der Waals surface area contributed by atoms with Gasteiger partial charge in [-0.2, -0.15) is 0 Å². The molecule has 0 aromatic heterocycles. The second kappa shape index (κ2) is 14.9. The van der Waals surface area contributed by atoms with Gasteiger partial charge in [0.05, 0.1) is 32.1 Å². The van der Waals surface area contributed by atoms with Gasteiger partial charge in [-0.15, -0.1) is 6.58 Å². The molecule has 0 radical (unpaired) electrons. The number of esters is 4. The lowest BCUT2D eigenvalue weighted by Gasteiger charge is -2.49. The summed E-state index contributed by atoms with van der Waals surface area (Å²) < 4.78 is 51.2. The summed E-state index contributed by atoms with van der Waals surface area (Å²) in [7, 11) is 3.13. The highest BCUT2D eigenvalue weighted by Crippen LogP contribution is 2.49. The molecule has 0 spiro atoms. The van der Waals surface area contributed by atoms with Crippen molar-refractivity contribution in [3.05, 3.63) is 47.7 Å². The first-order chi connectivity index (χ1) is 23.4. The molecule has 0 saturated carbocycles. The average Bonchev–Trinajstić information content (AvgIpc) is 3.05. The molecule has 0 N–H and O–H groups in total. The van der Waals surface area contributed by atoms with E-state index in [4.69, 9.17) is 42.6 Å². The minimum atomic E-state index is -1.48. The van der Waals surface area contributed by atoms with Crippen LogP contribution in [0.2, 0.25) is 0 Å². The number of hydrogen-bond acceptors (Lipinski definition) is 14. The van der Waals surface area contributed by atoms with Crippen LogP contribution in [0.3, 0.4) is 0 Å². The number of benzene rings is 1. The van der Waals surface area contributed by atoms with E-state index in [0.29, 0.717) is 36.5 Å². The quantitative estimate of drug-likeness (QED) is 0.199. The number of nitrogens with zero attached hydrogens (tertiary/aromatic N) is 1. The van der Waals surface area contributed by atoms with Crippen molar-refractivity contribution in [2.24, 2.45) is 11.8 Å². The van der Waals surface area contributed by atoms with E-state index in [-0.39, 0.29) is 11.9 Å². The van der Waals surface area contributed by atoms with E-state index < -0.39 is 79.3 Å². The molecule has 1 aromatic rings. The van der Waals surface area contributed by atoms with Crippen LogP contribution in [0.1, 0.15) is 51.3 Å². The predicted octanol–water partition coefficient (Wildman–Crippen LogP) is 2.29. The van der Waals surface area contributed by atoms with Crippen molar-refractivity contribution in [3.8, 4) is 11.5 Å². The summed E-state index contributed by atoms with van der Waals surface area (Å²) >= 11 is 0. The van der Waals surface area contributed by atoms with Gasteiger partial charge in [0.15, 0.2) is 29.8 Å². The van der Waals surface area contributed by atoms with Gasteiger partial charge in [0.1, 0.15) is 12.7 Å². The first kappa shape index (κ1) is 35.7. The Morgan fingerprint density at radius 3 is 2.14 bits per heavy atom. The van der Waals surface area contributed by atoms with Crippen molar-refractivity contribution < 1.29 is 66.6 Å². The third-order valence-electron chi connectivity index (χ3n) is 8.98. The normalized spacial score (nSPS) is 30.2. The molecule has 0 aliphatic carbocycles. The van der Waals surface area contributed by atoms with Gasteiger partial charge in [-0.3, -0.25) is 24.0 Å². The van der Waals surface area contributed by atoms with Crippen LogP contribution in [0.25, 0.3) is 0 Å². The molecular formula is C34H41NO14. The number of hydrogen-bond donors (Lipinski definition) is 0. The zero-order valence-corrected chi connectivity index (χ0v) is 28.2. The van der Waals surface area contributed by atoms with Gasteiger partial charge >= 0.3 is 23.9 Å². The van der Waals surface area contributed by atoms with E-state index in [2.05, 4.69) is 6.58 Å². The molecule has 4 heterocycles. The van der Waals surface area contributed by atoms with Gasteiger partial charge in [-0.05, 0) is 36.1 Å².